The van der Waals surface area contributed by atoms with Crippen LogP contribution in [-0.2, 0) is 6.54 Å². The van der Waals surface area contributed by atoms with Gasteiger partial charge in [0, 0.05) is 36.0 Å². The number of aromatic nitrogens is 1. The molecule has 1 N–H and O–H groups in total. The first-order chi connectivity index (χ1) is 12.8. The maximum atomic E-state index is 13.3. The van der Waals surface area contributed by atoms with E-state index in [2.05, 4.69) is 34.6 Å². The summed E-state index contributed by atoms with van der Waals surface area (Å²) in [6, 6.07) is 12.0. The van der Waals surface area contributed by atoms with Crippen molar-refractivity contribution in [2.75, 3.05) is 24.2 Å². The zero-order chi connectivity index (χ0) is 17.9. The highest BCUT2D eigenvalue weighted by molar-refractivity contribution is 7.98. The van der Waals surface area contributed by atoms with Gasteiger partial charge in [-0.3, -0.25) is 4.98 Å². The van der Waals surface area contributed by atoms with Crippen LogP contribution in [0.2, 0.25) is 0 Å². The van der Waals surface area contributed by atoms with Crippen LogP contribution in [0.15, 0.2) is 77.2 Å². The van der Waals surface area contributed by atoms with Gasteiger partial charge < -0.3 is 10.2 Å². The zero-order valence-electron chi connectivity index (χ0n) is 14.6. The van der Waals surface area contributed by atoms with Gasteiger partial charge in [0.05, 0.1) is 12.2 Å². The van der Waals surface area contributed by atoms with Crippen LogP contribution in [-0.4, -0.2) is 35.3 Å². The van der Waals surface area contributed by atoms with Crippen molar-refractivity contribution in [2.24, 2.45) is 0 Å². The summed E-state index contributed by atoms with van der Waals surface area (Å²) in [6.45, 7) is 1.89. The number of benzene rings is 1. The molecule has 5 nitrogen and oxygen atoms in total. The summed E-state index contributed by atoms with van der Waals surface area (Å²) < 4.78 is 0. The molecule has 2 amide bonds. The van der Waals surface area contributed by atoms with Crippen LogP contribution in [0.1, 0.15) is 5.56 Å². The van der Waals surface area contributed by atoms with Gasteiger partial charge in [-0.15, -0.1) is 11.8 Å². The Bertz CT molecular complexity index is 878. The number of hydrogen-bond donors (Lipinski definition) is 1. The highest BCUT2D eigenvalue weighted by atomic mass is 32.2. The number of carbonyl (C=O) groups excluding carboxylic acids is 1. The van der Waals surface area contributed by atoms with E-state index in [0.717, 1.165) is 34.1 Å². The molecule has 4 rings (SSSR count). The van der Waals surface area contributed by atoms with Crippen LogP contribution in [0.4, 0.5) is 10.5 Å². The maximum Gasteiger partial charge on any atom is 0.330 e. The van der Waals surface area contributed by atoms with Crippen molar-refractivity contribution >= 4 is 23.5 Å². The number of carbonyl (C=O) groups is 1. The lowest BCUT2D eigenvalue weighted by molar-refractivity contribution is 0.204. The lowest BCUT2D eigenvalue weighted by atomic mass is 10.1. The molecule has 0 spiro atoms. The molecule has 0 fully saturated rings. The van der Waals surface area contributed by atoms with Gasteiger partial charge in [0.1, 0.15) is 5.82 Å². The van der Waals surface area contributed by atoms with Crippen LogP contribution in [0.3, 0.4) is 0 Å². The molecule has 0 atom stereocenters. The summed E-state index contributed by atoms with van der Waals surface area (Å²) in [6.07, 6.45) is 9.77. The highest BCUT2D eigenvalue weighted by Gasteiger charge is 2.33. The molecule has 2 aromatic rings. The van der Waals surface area contributed by atoms with E-state index in [9.17, 15) is 4.79 Å². The summed E-state index contributed by atoms with van der Waals surface area (Å²) in [5, 5.41) is 3.38. The third-order valence-electron chi connectivity index (χ3n) is 4.49. The van der Waals surface area contributed by atoms with Gasteiger partial charge in [-0.25, -0.2) is 9.69 Å². The number of thioether (sulfide) groups is 1. The minimum Gasteiger partial charge on any atom is -0.367 e. The normalized spacial score (nSPS) is 16.6. The molecule has 0 aliphatic carbocycles. The molecule has 0 saturated heterocycles. The fourth-order valence-electron chi connectivity index (χ4n) is 3.23. The SMILES string of the molecule is CSc1cccc(N2C(=O)N(Cc3ccncc3)CC3=C2NCC=C3)c1. The number of nitrogens with one attached hydrogen (secondary N) is 1. The molecule has 0 radical (unpaired) electrons. The Hall–Kier alpha value is -2.73. The number of nitrogens with zero attached hydrogens (tertiary/aromatic N) is 3. The first-order valence-corrected chi connectivity index (χ1v) is 9.74. The second kappa shape index (κ2) is 7.25. The maximum absolute atomic E-state index is 13.3. The Morgan fingerprint density at radius 1 is 1.23 bits per heavy atom. The Morgan fingerprint density at radius 2 is 2.08 bits per heavy atom. The van der Waals surface area contributed by atoms with E-state index in [0.29, 0.717) is 13.1 Å². The molecule has 6 heteroatoms. The van der Waals surface area contributed by atoms with E-state index in [-0.39, 0.29) is 6.03 Å². The number of pyridine rings is 1. The molecule has 132 valence electrons. The summed E-state index contributed by atoms with van der Waals surface area (Å²) in [5.74, 6) is 0.890. The van der Waals surface area contributed by atoms with Crippen molar-refractivity contribution < 1.29 is 4.79 Å². The Kier molecular flexibility index (Phi) is 4.67. The van der Waals surface area contributed by atoms with Crippen molar-refractivity contribution in [3.05, 3.63) is 77.9 Å². The fourth-order valence-corrected chi connectivity index (χ4v) is 3.68. The van der Waals surface area contributed by atoms with Gasteiger partial charge in [-0.1, -0.05) is 18.2 Å². The summed E-state index contributed by atoms with van der Waals surface area (Å²) in [7, 11) is 0. The number of rotatable bonds is 4. The van der Waals surface area contributed by atoms with Crippen molar-refractivity contribution in [1.29, 1.82) is 0 Å². The average Bonchev–Trinajstić information content (AvgIpc) is 2.69. The predicted octanol–water partition coefficient (Wildman–Crippen LogP) is 3.62. The monoisotopic (exact) mass is 364 g/mol. The van der Waals surface area contributed by atoms with Crippen molar-refractivity contribution in [3.8, 4) is 0 Å². The van der Waals surface area contributed by atoms with Crippen LogP contribution < -0.4 is 10.2 Å². The molecule has 3 heterocycles. The van der Waals surface area contributed by atoms with Crippen molar-refractivity contribution in [1.82, 2.24) is 15.2 Å². The van der Waals surface area contributed by atoms with Crippen LogP contribution in [0.25, 0.3) is 0 Å². The van der Waals surface area contributed by atoms with Gasteiger partial charge in [0.25, 0.3) is 0 Å². The smallest absolute Gasteiger partial charge is 0.330 e. The van der Waals surface area contributed by atoms with E-state index in [4.69, 9.17) is 0 Å². The van der Waals surface area contributed by atoms with Crippen LogP contribution in [0.5, 0.6) is 0 Å². The van der Waals surface area contributed by atoms with E-state index in [1.807, 2.05) is 35.4 Å². The van der Waals surface area contributed by atoms with Crippen molar-refractivity contribution in [2.45, 2.75) is 11.4 Å². The molecule has 2 aliphatic rings. The number of urea groups is 1. The molecule has 2 aliphatic heterocycles. The first kappa shape index (κ1) is 16.7. The number of hydrogen-bond acceptors (Lipinski definition) is 4. The highest BCUT2D eigenvalue weighted by Crippen LogP contribution is 2.31. The van der Waals surface area contributed by atoms with Gasteiger partial charge in [-0.2, -0.15) is 0 Å². The second-order valence-electron chi connectivity index (χ2n) is 6.19. The number of amides is 2. The molecular formula is C20H20N4OS. The van der Waals surface area contributed by atoms with Gasteiger partial charge in [-0.05, 0) is 42.2 Å². The van der Waals surface area contributed by atoms with Gasteiger partial charge in [0.15, 0.2) is 0 Å². The van der Waals surface area contributed by atoms with Crippen LogP contribution in [0, 0.1) is 0 Å². The Balaban J connectivity index is 1.72. The molecule has 1 aromatic carbocycles. The third kappa shape index (κ3) is 3.20. The second-order valence-corrected chi connectivity index (χ2v) is 7.07. The third-order valence-corrected chi connectivity index (χ3v) is 5.22. The molecular weight excluding hydrogens is 344 g/mol. The van der Waals surface area contributed by atoms with E-state index >= 15 is 0 Å². The fraction of sp³-hybridized carbons (Fsp3) is 0.200. The van der Waals surface area contributed by atoms with Crippen LogP contribution >= 0.6 is 11.8 Å². The summed E-state index contributed by atoms with van der Waals surface area (Å²) >= 11 is 1.67. The Labute approximate surface area is 157 Å². The summed E-state index contributed by atoms with van der Waals surface area (Å²) in [5.41, 5.74) is 3.08. The van der Waals surface area contributed by atoms with Crippen molar-refractivity contribution in [3.63, 3.8) is 0 Å². The Morgan fingerprint density at radius 3 is 2.88 bits per heavy atom. The minimum atomic E-state index is -0.0124. The molecule has 26 heavy (non-hydrogen) atoms. The van der Waals surface area contributed by atoms with E-state index < -0.39 is 0 Å². The van der Waals surface area contributed by atoms with E-state index in [1.165, 1.54) is 0 Å². The molecule has 0 bridgehead atoms. The standard InChI is InChI=1S/C20H20N4OS/c1-26-18-6-2-5-17(12-18)24-19-16(4-3-9-22-19)14-23(20(24)25)13-15-7-10-21-11-8-15/h2-8,10-12,22H,9,13-14H2,1H3. The quantitative estimate of drug-likeness (QED) is 0.842. The zero-order valence-corrected chi connectivity index (χ0v) is 15.4. The minimum absolute atomic E-state index is 0.0124. The topological polar surface area (TPSA) is 48.5 Å². The largest absolute Gasteiger partial charge is 0.367 e. The lowest BCUT2D eigenvalue weighted by Gasteiger charge is -2.39. The molecule has 0 unspecified atom stereocenters. The van der Waals surface area contributed by atoms with Gasteiger partial charge in [0.2, 0.25) is 0 Å². The van der Waals surface area contributed by atoms with Gasteiger partial charge >= 0.3 is 6.03 Å². The number of dihydropyridines is 1. The number of anilines is 1. The summed E-state index contributed by atoms with van der Waals surface area (Å²) in [4.78, 5) is 22.2. The molecule has 1 aromatic heterocycles. The van der Waals surface area contributed by atoms with E-state index in [1.54, 1.807) is 29.1 Å². The first-order valence-electron chi connectivity index (χ1n) is 8.52. The lowest BCUT2D eigenvalue weighted by Crippen LogP contribution is -2.51. The average molecular weight is 364 g/mol. The predicted molar refractivity (Wildman–Crippen MR) is 105 cm³/mol. The molecule has 0 saturated carbocycles.